The van der Waals surface area contributed by atoms with Gasteiger partial charge in [-0.3, -0.25) is 4.79 Å². The number of pyridine rings is 1. The van der Waals surface area contributed by atoms with Gasteiger partial charge in [-0.15, -0.1) is 0 Å². The highest BCUT2D eigenvalue weighted by Gasteiger charge is 2.39. The van der Waals surface area contributed by atoms with Crippen molar-refractivity contribution in [1.82, 2.24) is 15.0 Å². The molecule has 3 rings (SSSR count). The predicted molar refractivity (Wildman–Crippen MR) is 89.5 cm³/mol. The summed E-state index contributed by atoms with van der Waals surface area (Å²) in [6.07, 6.45) is -4.57. The maximum Gasteiger partial charge on any atom is 0.437 e. The maximum atomic E-state index is 13.8. The zero-order valence-corrected chi connectivity index (χ0v) is 14.8. The van der Waals surface area contributed by atoms with E-state index in [0.29, 0.717) is 12.3 Å². The number of halogens is 7. The summed E-state index contributed by atoms with van der Waals surface area (Å²) in [5.41, 5.74) is -3.87. The highest BCUT2D eigenvalue weighted by Crippen LogP contribution is 2.36. The summed E-state index contributed by atoms with van der Waals surface area (Å²) >= 11 is 11.5. The third-order valence-electron chi connectivity index (χ3n) is 3.29. The topological polar surface area (TPSA) is 67.9 Å². The van der Waals surface area contributed by atoms with Gasteiger partial charge >= 0.3 is 6.18 Å². The van der Waals surface area contributed by atoms with Crippen LogP contribution in [0.1, 0.15) is 5.69 Å². The Morgan fingerprint density at radius 3 is 2.39 bits per heavy atom. The van der Waals surface area contributed by atoms with Gasteiger partial charge in [0.1, 0.15) is 17.3 Å². The van der Waals surface area contributed by atoms with Gasteiger partial charge in [-0.2, -0.15) is 13.2 Å². The molecule has 0 saturated heterocycles. The summed E-state index contributed by atoms with van der Waals surface area (Å²) in [5, 5.41) is 0.0941. The monoisotopic (exact) mass is 437 g/mol. The van der Waals surface area contributed by atoms with Gasteiger partial charge in [0.25, 0.3) is 5.56 Å². The average molecular weight is 438 g/mol. The summed E-state index contributed by atoms with van der Waals surface area (Å²) in [4.78, 5) is 20.7. The smallest absolute Gasteiger partial charge is 0.437 e. The van der Waals surface area contributed by atoms with Crippen molar-refractivity contribution in [3.8, 4) is 23.0 Å². The van der Waals surface area contributed by atoms with E-state index >= 15 is 0 Å². The number of aromatic nitrogens is 3. The van der Waals surface area contributed by atoms with Crippen molar-refractivity contribution < 1.29 is 26.7 Å². The highest BCUT2D eigenvalue weighted by atomic mass is 35.5. The number of aromatic amines is 1. The van der Waals surface area contributed by atoms with Crippen LogP contribution in [0, 0.1) is 11.6 Å². The van der Waals surface area contributed by atoms with Gasteiger partial charge in [-0.05, 0) is 12.1 Å². The molecular formula is C16H6Cl2F5N3O2. The molecule has 0 aliphatic heterocycles. The van der Waals surface area contributed by atoms with Crippen LogP contribution in [0.15, 0.2) is 35.3 Å². The minimum Gasteiger partial charge on any atom is -0.449 e. The molecule has 0 saturated carbocycles. The first-order valence-electron chi connectivity index (χ1n) is 7.22. The first-order valence-corrected chi connectivity index (χ1v) is 7.97. The lowest BCUT2D eigenvalue weighted by molar-refractivity contribution is -0.142. The molecule has 146 valence electrons. The first-order chi connectivity index (χ1) is 13.1. The van der Waals surface area contributed by atoms with Gasteiger partial charge in [0.2, 0.25) is 5.75 Å². The Hall–Kier alpha value is -2.72. The molecule has 0 bridgehead atoms. The Balaban J connectivity index is 2.15. The van der Waals surface area contributed by atoms with Crippen molar-refractivity contribution in [3.05, 3.63) is 68.2 Å². The number of hydrogen-bond donors (Lipinski definition) is 1. The van der Waals surface area contributed by atoms with E-state index in [4.69, 9.17) is 27.9 Å². The predicted octanol–water partition coefficient (Wildman–Crippen LogP) is 5.23. The largest absolute Gasteiger partial charge is 0.449 e. The zero-order chi connectivity index (χ0) is 20.6. The number of hydrogen-bond acceptors (Lipinski definition) is 4. The normalized spacial score (nSPS) is 11.5. The van der Waals surface area contributed by atoms with Crippen molar-refractivity contribution in [3.63, 3.8) is 0 Å². The number of rotatable bonds is 3. The van der Waals surface area contributed by atoms with Gasteiger partial charge in [-0.25, -0.2) is 18.7 Å². The molecule has 1 N–H and O–H groups in total. The Bertz CT molecular complexity index is 1120. The van der Waals surface area contributed by atoms with E-state index in [2.05, 4.69) is 9.97 Å². The molecule has 12 heteroatoms. The Morgan fingerprint density at radius 1 is 1.07 bits per heavy atom. The molecule has 28 heavy (non-hydrogen) atoms. The fourth-order valence-corrected chi connectivity index (χ4v) is 2.40. The number of ether oxygens (including phenoxy) is 1. The Kier molecular flexibility index (Phi) is 5.26. The van der Waals surface area contributed by atoms with Crippen molar-refractivity contribution in [1.29, 1.82) is 0 Å². The van der Waals surface area contributed by atoms with Crippen LogP contribution < -0.4 is 10.3 Å². The number of alkyl halides is 3. The second-order valence-corrected chi connectivity index (χ2v) is 6.07. The Morgan fingerprint density at radius 2 is 1.79 bits per heavy atom. The molecule has 0 atom stereocenters. The van der Waals surface area contributed by atoms with Gasteiger partial charge in [-0.1, -0.05) is 23.2 Å². The minimum absolute atomic E-state index is 0.0219. The molecule has 0 spiro atoms. The van der Waals surface area contributed by atoms with E-state index in [1.165, 1.54) is 12.1 Å². The van der Waals surface area contributed by atoms with E-state index in [0.717, 1.165) is 6.07 Å². The fraction of sp³-hybridized carbons (Fsp3) is 0.0625. The quantitative estimate of drug-likeness (QED) is 0.569. The SMILES string of the molecule is O=c1[nH]c(-c2ncc(F)cc2F)nc(C(F)(F)F)c1Oc1ccc(Cl)c(Cl)c1. The van der Waals surface area contributed by atoms with Gasteiger partial charge in [0.05, 0.1) is 16.2 Å². The molecule has 0 fully saturated rings. The zero-order valence-electron chi connectivity index (χ0n) is 13.2. The van der Waals surface area contributed by atoms with Crippen molar-refractivity contribution in [2.45, 2.75) is 6.18 Å². The van der Waals surface area contributed by atoms with Gasteiger partial charge in [0.15, 0.2) is 17.3 Å². The van der Waals surface area contributed by atoms with Crippen molar-refractivity contribution in [2.24, 2.45) is 0 Å². The molecule has 5 nitrogen and oxygen atoms in total. The van der Waals surface area contributed by atoms with E-state index in [1.54, 1.807) is 0 Å². The van der Waals surface area contributed by atoms with Gasteiger partial charge in [0, 0.05) is 12.1 Å². The standard InChI is InChI=1S/C16H6Cl2F5N3O2/c17-8-2-1-7(4-9(8)18)28-12-13(16(21,22)23)25-14(26-15(12)27)11-10(20)3-6(19)5-24-11/h1-5H,(H,25,26,27). The Labute approximate surface area is 162 Å². The maximum absolute atomic E-state index is 13.8. The molecule has 2 aromatic heterocycles. The van der Waals surface area contributed by atoms with Crippen molar-refractivity contribution >= 4 is 23.2 Å². The molecule has 0 aliphatic carbocycles. The van der Waals surface area contributed by atoms with Crippen LogP contribution in [0.3, 0.4) is 0 Å². The number of nitrogens with one attached hydrogen (secondary N) is 1. The van der Waals surface area contributed by atoms with Crippen LogP contribution in [0.2, 0.25) is 10.0 Å². The van der Waals surface area contributed by atoms with E-state index in [-0.39, 0.29) is 15.8 Å². The summed E-state index contributed by atoms with van der Waals surface area (Å²) < 4.78 is 72.0. The van der Waals surface area contributed by atoms with Crippen LogP contribution in [0.4, 0.5) is 22.0 Å². The lowest BCUT2D eigenvalue weighted by atomic mass is 10.2. The van der Waals surface area contributed by atoms with E-state index < -0.39 is 46.3 Å². The average Bonchev–Trinajstić information content (AvgIpc) is 2.59. The van der Waals surface area contributed by atoms with Crippen LogP contribution in [-0.4, -0.2) is 15.0 Å². The van der Waals surface area contributed by atoms with Crippen LogP contribution in [-0.2, 0) is 6.18 Å². The summed E-state index contributed by atoms with van der Waals surface area (Å²) in [5.74, 6) is -4.63. The molecule has 3 aromatic rings. The molecule has 0 radical (unpaired) electrons. The minimum atomic E-state index is -5.13. The summed E-state index contributed by atoms with van der Waals surface area (Å²) in [6.45, 7) is 0. The lowest BCUT2D eigenvalue weighted by Gasteiger charge is -2.13. The van der Waals surface area contributed by atoms with Crippen LogP contribution in [0.5, 0.6) is 11.5 Å². The van der Waals surface area contributed by atoms with Crippen LogP contribution >= 0.6 is 23.2 Å². The van der Waals surface area contributed by atoms with E-state index in [1.807, 2.05) is 4.98 Å². The molecule has 2 heterocycles. The van der Waals surface area contributed by atoms with Crippen LogP contribution in [0.25, 0.3) is 11.5 Å². The molecule has 0 aliphatic rings. The third-order valence-corrected chi connectivity index (χ3v) is 4.03. The number of nitrogens with zero attached hydrogens (tertiary/aromatic N) is 2. The number of H-pyrrole nitrogens is 1. The molecule has 0 amide bonds. The summed E-state index contributed by atoms with van der Waals surface area (Å²) in [7, 11) is 0. The van der Waals surface area contributed by atoms with Crippen molar-refractivity contribution in [2.75, 3.05) is 0 Å². The van der Waals surface area contributed by atoms with Gasteiger partial charge < -0.3 is 9.72 Å². The van der Waals surface area contributed by atoms with E-state index in [9.17, 15) is 26.7 Å². The highest BCUT2D eigenvalue weighted by molar-refractivity contribution is 6.42. The second kappa shape index (κ2) is 7.36. The fourth-order valence-electron chi connectivity index (χ4n) is 2.11. The number of benzene rings is 1. The lowest BCUT2D eigenvalue weighted by Crippen LogP contribution is -2.21. The summed E-state index contributed by atoms with van der Waals surface area (Å²) in [6, 6.07) is 3.91. The molecule has 1 aromatic carbocycles. The first kappa shape index (κ1) is 20.0. The second-order valence-electron chi connectivity index (χ2n) is 5.25. The molecular weight excluding hydrogens is 432 g/mol. The molecule has 0 unspecified atom stereocenters. The third kappa shape index (κ3) is 4.07.